The van der Waals surface area contributed by atoms with E-state index < -0.39 is 0 Å². The van der Waals surface area contributed by atoms with E-state index in [-0.39, 0.29) is 0 Å². The van der Waals surface area contributed by atoms with Crippen molar-refractivity contribution in [3.05, 3.63) is 24.3 Å². The van der Waals surface area contributed by atoms with E-state index >= 15 is 0 Å². The van der Waals surface area contributed by atoms with Gasteiger partial charge in [-0.25, -0.2) is 0 Å². The molecule has 1 saturated heterocycles. The molecule has 0 spiro atoms. The molecule has 0 radical (unpaired) electrons. The van der Waals surface area contributed by atoms with Crippen LogP contribution in [0.15, 0.2) is 24.3 Å². The number of anilines is 2. The third-order valence-electron chi connectivity index (χ3n) is 2.19. The number of benzene rings is 1. The third kappa shape index (κ3) is 2.31. The molecule has 0 aromatic heterocycles. The second kappa shape index (κ2) is 3.92. The smallest absolute Gasteiger partial charge is 0.0363 e. The lowest BCUT2D eigenvalue weighted by atomic mass is 10.2. The molecule has 0 aliphatic carbocycles. The van der Waals surface area contributed by atoms with Crippen molar-refractivity contribution >= 4 is 23.1 Å². The highest BCUT2D eigenvalue weighted by atomic mass is 32.2. The quantitative estimate of drug-likeness (QED) is 0.709. The molecule has 1 unspecified atom stereocenters. The van der Waals surface area contributed by atoms with E-state index in [0.717, 1.165) is 11.4 Å². The van der Waals surface area contributed by atoms with Gasteiger partial charge in [0.2, 0.25) is 0 Å². The zero-order chi connectivity index (χ0) is 9.10. The molecule has 1 aromatic carbocycles. The Morgan fingerprint density at radius 3 is 3.08 bits per heavy atom. The molecule has 13 heavy (non-hydrogen) atoms. The predicted molar refractivity (Wildman–Crippen MR) is 60.2 cm³/mol. The summed E-state index contributed by atoms with van der Waals surface area (Å²) in [5, 5.41) is 3.48. The summed E-state index contributed by atoms with van der Waals surface area (Å²) in [5.41, 5.74) is 7.66. The molecule has 1 aliphatic heterocycles. The summed E-state index contributed by atoms with van der Waals surface area (Å²) in [6.07, 6.45) is 1.26. The van der Waals surface area contributed by atoms with Crippen LogP contribution in [0.25, 0.3) is 0 Å². The second-order valence-corrected chi connectivity index (χ2v) is 4.48. The van der Waals surface area contributed by atoms with Crippen LogP contribution in [-0.2, 0) is 0 Å². The van der Waals surface area contributed by atoms with Gasteiger partial charge < -0.3 is 11.1 Å². The van der Waals surface area contributed by atoms with Crippen molar-refractivity contribution in [3.63, 3.8) is 0 Å². The molecule has 0 saturated carbocycles. The van der Waals surface area contributed by atoms with Crippen molar-refractivity contribution in [3.8, 4) is 0 Å². The topological polar surface area (TPSA) is 38.0 Å². The molecular formula is C10H14N2S. The largest absolute Gasteiger partial charge is 0.399 e. The number of hydrogen-bond acceptors (Lipinski definition) is 3. The first-order valence-electron chi connectivity index (χ1n) is 4.54. The molecule has 1 aromatic rings. The van der Waals surface area contributed by atoms with Gasteiger partial charge >= 0.3 is 0 Å². The average molecular weight is 194 g/mol. The van der Waals surface area contributed by atoms with E-state index in [4.69, 9.17) is 5.73 Å². The summed E-state index contributed by atoms with van der Waals surface area (Å²) >= 11 is 2.01. The van der Waals surface area contributed by atoms with E-state index in [2.05, 4.69) is 11.4 Å². The van der Waals surface area contributed by atoms with E-state index in [1.54, 1.807) is 0 Å². The lowest BCUT2D eigenvalue weighted by Gasteiger charge is -2.12. The average Bonchev–Trinajstić information content (AvgIpc) is 2.57. The number of nitrogens with one attached hydrogen (secondary N) is 1. The van der Waals surface area contributed by atoms with Crippen LogP contribution < -0.4 is 11.1 Å². The van der Waals surface area contributed by atoms with Crippen LogP contribution in [0, 0.1) is 0 Å². The first-order valence-corrected chi connectivity index (χ1v) is 5.70. The molecule has 1 fully saturated rings. The Hall–Kier alpha value is -0.830. The van der Waals surface area contributed by atoms with Crippen molar-refractivity contribution in [1.29, 1.82) is 0 Å². The molecule has 0 bridgehead atoms. The third-order valence-corrected chi connectivity index (χ3v) is 3.35. The fraction of sp³-hybridized carbons (Fsp3) is 0.400. The SMILES string of the molecule is Nc1cccc(NC2CCSC2)c1. The van der Waals surface area contributed by atoms with Gasteiger partial charge in [0.05, 0.1) is 0 Å². The van der Waals surface area contributed by atoms with Gasteiger partial charge in [-0.05, 0) is 30.4 Å². The van der Waals surface area contributed by atoms with Gasteiger partial charge in [0.15, 0.2) is 0 Å². The molecule has 1 aliphatic rings. The maximum atomic E-state index is 5.69. The molecule has 1 atom stereocenters. The molecule has 2 nitrogen and oxygen atoms in total. The zero-order valence-electron chi connectivity index (χ0n) is 7.49. The highest BCUT2D eigenvalue weighted by Crippen LogP contribution is 2.22. The zero-order valence-corrected chi connectivity index (χ0v) is 8.31. The van der Waals surface area contributed by atoms with Gasteiger partial charge in [0.1, 0.15) is 0 Å². The molecule has 3 heteroatoms. The predicted octanol–water partition coefficient (Wildman–Crippen LogP) is 2.19. The van der Waals surface area contributed by atoms with Gasteiger partial charge in [0.25, 0.3) is 0 Å². The van der Waals surface area contributed by atoms with Crippen molar-refractivity contribution in [2.24, 2.45) is 0 Å². The minimum absolute atomic E-state index is 0.631. The van der Waals surface area contributed by atoms with Gasteiger partial charge in [-0.3, -0.25) is 0 Å². The fourth-order valence-corrected chi connectivity index (χ4v) is 2.66. The van der Waals surface area contributed by atoms with Crippen LogP contribution in [-0.4, -0.2) is 17.5 Å². The van der Waals surface area contributed by atoms with Crippen LogP contribution in [0.4, 0.5) is 11.4 Å². The Balaban J connectivity index is 2.00. The molecule has 2 rings (SSSR count). The minimum Gasteiger partial charge on any atom is -0.399 e. The van der Waals surface area contributed by atoms with Crippen LogP contribution in [0.2, 0.25) is 0 Å². The number of hydrogen-bond donors (Lipinski definition) is 2. The summed E-state index contributed by atoms with van der Waals surface area (Å²) < 4.78 is 0. The minimum atomic E-state index is 0.631. The van der Waals surface area contributed by atoms with E-state index in [0.29, 0.717) is 6.04 Å². The first-order chi connectivity index (χ1) is 6.34. The maximum Gasteiger partial charge on any atom is 0.0363 e. The van der Waals surface area contributed by atoms with E-state index in [1.165, 1.54) is 17.9 Å². The lowest BCUT2D eigenvalue weighted by molar-refractivity contribution is 0.813. The molecule has 70 valence electrons. The summed E-state index contributed by atoms with van der Waals surface area (Å²) in [7, 11) is 0. The Morgan fingerprint density at radius 1 is 1.46 bits per heavy atom. The fourth-order valence-electron chi connectivity index (χ4n) is 1.51. The lowest BCUT2D eigenvalue weighted by Crippen LogP contribution is -2.17. The highest BCUT2D eigenvalue weighted by molar-refractivity contribution is 7.99. The standard InChI is InChI=1S/C10H14N2S/c11-8-2-1-3-9(6-8)12-10-4-5-13-7-10/h1-3,6,10,12H,4-5,7,11H2. The number of thioether (sulfide) groups is 1. The van der Waals surface area contributed by atoms with Crippen molar-refractivity contribution in [1.82, 2.24) is 0 Å². The Labute approximate surface area is 82.9 Å². The van der Waals surface area contributed by atoms with E-state index in [1.807, 2.05) is 30.0 Å². The van der Waals surface area contributed by atoms with Gasteiger partial charge in [0, 0.05) is 23.2 Å². The van der Waals surface area contributed by atoms with Crippen LogP contribution in [0.3, 0.4) is 0 Å². The number of nitrogen functional groups attached to an aromatic ring is 1. The second-order valence-electron chi connectivity index (χ2n) is 3.33. The maximum absolute atomic E-state index is 5.69. The number of nitrogens with two attached hydrogens (primary N) is 1. The highest BCUT2D eigenvalue weighted by Gasteiger charge is 2.14. The summed E-state index contributed by atoms with van der Waals surface area (Å²) in [4.78, 5) is 0. The Morgan fingerprint density at radius 2 is 2.38 bits per heavy atom. The molecule has 0 amide bonds. The van der Waals surface area contributed by atoms with Crippen LogP contribution >= 0.6 is 11.8 Å². The van der Waals surface area contributed by atoms with Gasteiger partial charge in [-0.2, -0.15) is 11.8 Å². The monoisotopic (exact) mass is 194 g/mol. The molecular weight excluding hydrogens is 180 g/mol. The van der Waals surface area contributed by atoms with Crippen molar-refractivity contribution < 1.29 is 0 Å². The van der Waals surface area contributed by atoms with Crippen molar-refractivity contribution in [2.45, 2.75) is 12.5 Å². The Bertz CT molecular complexity index is 282. The van der Waals surface area contributed by atoms with Gasteiger partial charge in [-0.15, -0.1) is 0 Å². The normalized spacial score (nSPS) is 21.7. The van der Waals surface area contributed by atoms with Crippen LogP contribution in [0.5, 0.6) is 0 Å². The molecule has 1 heterocycles. The summed E-state index contributed by atoms with van der Waals surface area (Å²) in [5.74, 6) is 2.49. The van der Waals surface area contributed by atoms with Crippen LogP contribution in [0.1, 0.15) is 6.42 Å². The van der Waals surface area contributed by atoms with Crippen molar-refractivity contribution in [2.75, 3.05) is 22.6 Å². The number of rotatable bonds is 2. The summed E-state index contributed by atoms with van der Waals surface area (Å²) in [6, 6.07) is 8.59. The van der Waals surface area contributed by atoms with E-state index in [9.17, 15) is 0 Å². The first kappa shape index (κ1) is 8.75. The summed E-state index contributed by atoms with van der Waals surface area (Å²) in [6.45, 7) is 0. The molecule has 3 N–H and O–H groups in total. The van der Waals surface area contributed by atoms with Gasteiger partial charge in [-0.1, -0.05) is 6.07 Å². The Kier molecular flexibility index (Phi) is 2.64.